The molecule has 212 valence electrons. The molecule has 0 heterocycles. The highest BCUT2D eigenvalue weighted by atomic mass is 16.3. The zero-order valence-corrected chi connectivity index (χ0v) is 24.2. The van der Waals surface area contributed by atoms with Crippen molar-refractivity contribution >= 4 is 0 Å². The average molecular weight is 545 g/mol. The van der Waals surface area contributed by atoms with Crippen molar-refractivity contribution < 1.29 is 10.2 Å². The van der Waals surface area contributed by atoms with Crippen LogP contribution in [0.15, 0.2) is 121 Å². The highest BCUT2D eigenvalue weighted by Crippen LogP contribution is 2.53. The third kappa shape index (κ3) is 5.92. The van der Waals surface area contributed by atoms with E-state index >= 15 is 0 Å². The molecule has 4 atom stereocenters. The van der Waals surface area contributed by atoms with Crippen LogP contribution < -0.4 is 0 Å². The van der Waals surface area contributed by atoms with Crippen LogP contribution in [0.5, 0.6) is 0 Å². The summed E-state index contributed by atoms with van der Waals surface area (Å²) in [6.45, 7) is 2.37. The number of aliphatic hydroxyl groups is 2. The summed E-state index contributed by atoms with van der Waals surface area (Å²) in [5.74, 6) is 2.04. The molecule has 6 rings (SSSR count). The van der Waals surface area contributed by atoms with Crippen LogP contribution in [0.1, 0.15) is 85.0 Å². The van der Waals surface area contributed by atoms with E-state index in [0.717, 1.165) is 32.1 Å². The highest BCUT2D eigenvalue weighted by molar-refractivity contribution is 5.30. The third-order valence-electron chi connectivity index (χ3n) is 10.5. The summed E-state index contributed by atoms with van der Waals surface area (Å²) < 4.78 is 0. The second kappa shape index (κ2) is 12.8. The molecule has 2 fully saturated rings. The highest BCUT2D eigenvalue weighted by Gasteiger charge is 2.46. The summed E-state index contributed by atoms with van der Waals surface area (Å²) in [5.41, 5.74) is 5.01. The molecule has 4 aromatic carbocycles. The fourth-order valence-electron chi connectivity index (χ4n) is 8.50. The van der Waals surface area contributed by atoms with Crippen molar-refractivity contribution in [2.45, 2.75) is 74.9 Å². The first-order chi connectivity index (χ1) is 20.1. The Morgan fingerprint density at radius 2 is 0.707 bits per heavy atom. The van der Waals surface area contributed by atoms with E-state index in [0.29, 0.717) is 17.8 Å². The van der Waals surface area contributed by atoms with Gasteiger partial charge in [-0.3, -0.25) is 0 Å². The van der Waals surface area contributed by atoms with Crippen molar-refractivity contribution in [2.75, 3.05) is 0 Å². The predicted octanol–water partition coefficient (Wildman–Crippen LogP) is 8.69. The normalized spacial score (nSPS) is 30.9. The quantitative estimate of drug-likeness (QED) is 0.244. The first-order valence-electron chi connectivity index (χ1n) is 15.7. The summed E-state index contributed by atoms with van der Waals surface area (Å²) in [6, 6.07) is 42.8. The van der Waals surface area contributed by atoms with Crippen molar-refractivity contribution in [2.24, 2.45) is 17.8 Å². The molecule has 41 heavy (non-hydrogen) atoms. The Morgan fingerprint density at radius 3 is 0.927 bits per heavy atom. The van der Waals surface area contributed by atoms with Gasteiger partial charge in [0.2, 0.25) is 0 Å². The van der Waals surface area contributed by atoms with Gasteiger partial charge >= 0.3 is 0 Å². The van der Waals surface area contributed by atoms with Gasteiger partial charge in [-0.15, -0.1) is 0 Å². The molecule has 0 spiro atoms. The largest absolute Gasteiger partial charge is 0.392 e. The summed E-state index contributed by atoms with van der Waals surface area (Å²) in [5, 5.41) is 23.6. The molecule has 2 heteroatoms. The van der Waals surface area contributed by atoms with Crippen LogP contribution in [0.2, 0.25) is 0 Å². The van der Waals surface area contributed by atoms with Crippen molar-refractivity contribution in [3.8, 4) is 0 Å². The molecule has 2 saturated carbocycles. The van der Waals surface area contributed by atoms with E-state index in [2.05, 4.69) is 128 Å². The SMILES string of the molecule is CCC(C1CC(c2ccccc2)C(O)C(c2ccccc2)C1)C1CC(c2ccccc2)C(O)C(c2ccccc2)C1. The maximum absolute atomic E-state index is 11.8. The number of rotatable bonds is 7. The number of benzene rings is 4. The molecule has 0 bridgehead atoms. The monoisotopic (exact) mass is 544 g/mol. The van der Waals surface area contributed by atoms with Gasteiger partial charge in [0.05, 0.1) is 12.2 Å². The predicted molar refractivity (Wildman–Crippen MR) is 168 cm³/mol. The van der Waals surface area contributed by atoms with Gasteiger partial charge in [0.1, 0.15) is 0 Å². The Labute approximate surface area is 246 Å². The summed E-state index contributed by atoms with van der Waals surface area (Å²) in [6.07, 6.45) is 4.38. The van der Waals surface area contributed by atoms with Gasteiger partial charge in [-0.1, -0.05) is 135 Å². The first-order valence-corrected chi connectivity index (χ1v) is 15.7. The second-order valence-electron chi connectivity index (χ2n) is 12.6. The third-order valence-corrected chi connectivity index (χ3v) is 10.5. The Balaban J connectivity index is 1.35. The van der Waals surface area contributed by atoms with Crippen LogP contribution in [0, 0.1) is 17.8 Å². The lowest BCUT2D eigenvalue weighted by Gasteiger charge is -2.48. The average Bonchev–Trinajstić information content (AvgIpc) is 3.04. The second-order valence-corrected chi connectivity index (χ2v) is 12.6. The van der Waals surface area contributed by atoms with Crippen molar-refractivity contribution in [3.63, 3.8) is 0 Å². The lowest BCUT2D eigenvalue weighted by molar-refractivity contribution is 0.00460. The first kappa shape index (κ1) is 27.9. The zero-order valence-electron chi connectivity index (χ0n) is 24.2. The molecule has 2 nitrogen and oxygen atoms in total. The molecule has 2 aliphatic rings. The Hall–Kier alpha value is -3.20. The van der Waals surface area contributed by atoms with Crippen LogP contribution in [0.4, 0.5) is 0 Å². The van der Waals surface area contributed by atoms with E-state index in [4.69, 9.17) is 0 Å². The van der Waals surface area contributed by atoms with Gasteiger partial charge in [0.25, 0.3) is 0 Å². The smallest absolute Gasteiger partial charge is 0.0677 e. The Bertz CT molecular complexity index is 1140. The maximum Gasteiger partial charge on any atom is 0.0677 e. The van der Waals surface area contributed by atoms with Crippen LogP contribution >= 0.6 is 0 Å². The van der Waals surface area contributed by atoms with Gasteiger partial charge in [0.15, 0.2) is 0 Å². The molecule has 4 unspecified atom stereocenters. The maximum atomic E-state index is 11.8. The fraction of sp³-hybridized carbons (Fsp3) is 0.385. The molecule has 0 saturated heterocycles. The molecule has 0 radical (unpaired) electrons. The summed E-state index contributed by atoms with van der Waals surface area (Å²) in [4.78, 5) is 0. The van der Waals surface area contributed by atoms with Crippen molar-refractivity contribution in [3.05, 3.63) is 144 Å². The zero-order chi connectivity index (χ0) is 28.2. The molecule has 2 aliphatic carbocycles. The van der Waals surface area contributed by atoms with Gasteiger partial charge in [-0.05, 0) is 65.7 Å². The Kier molecular flexibility index (Phi) is 8.70. The summed E-state index contributed by atoms with van der Waals surface area (Å²) in [7, 11) is 0. The standard InChI is InChI=1S/C39H44O2/c1-2-33(31-23-34(27-15-7-3-8-16-27)38(40)35(24-31)28-17-9-4-10-18-28)32-25-36(29-19-11-5-12-20-29)39(41)37(26-32)30-21-13-6-14-22-30/h3-22,31-41H,2,23-26H2,1H3. The lowest BCUT2D eigenvalue weighted by atomic mass is 9.58. The number of hydrogen-bond donors (Lipinski definition) is 2. The van der Waals surface area contributed by atoms with E-state index in [1.807, 2.05) is 0 Å². The molecule has 4 aromatic rings. The minimum absolute atomic E-state index is 0.123. The molecule has 0 amide bonds. The van der Waals surface area contributed by atoms with Gasteiger partial charge < -0.3 is 10.2 Å². The summed E-state index contributed by atoms with van der Waals surface area (Å²) >= 11 is 0. The van der Waals surface area contributed by atoms with Crippen LogP contribution in [0.3, 0.4) is 0 Å². The van der Waals surface area contributed by atoms with E-state index in [1.165, 1.54) is 22.3 Å². The van der Waals surface area contributed by atoms with Crippen LogP contribution in [-0.2, 0) is 0 Å². The number of aliphatic hydroxyl groups excluding tert-OH is 2. The molecular weight excluding hydrogens is 500 g/mol. The number of hydrogen-bond acceptors (Lipinski definition) is 2. The van der Waals surface area contributed by atoms with Crippen molar-refractivity contribution in [1.29, 1.82) is 0 Å². The molecule has 2 N–H and O–H groups in total. The Morgan fingerprint density at radius 1 is 0.463 bits per heavy atom. The topological polar surface area (TPSA) is 40.5 Å². The lowest BCUT2D eigenvalue weighted by Crippen LogP contribution is -2.42. The molecule has 0 aromatic heterocycles. The minimum Gasteiger partial charge on any atom is -0.392 e. The minimum atomic E-state index is -0.393. The van der Waals surface area contributed by atoms with Gasteiger partial charge in [-0.25, -0.2) is 0 Å². The van der Waals surface area contributed by atoms with E-state index < -0.39 is 12.2 Å². The molecular formula is C39H44O2. The van der Waals surface area contributed by atoms with E-state index in [-0.39, 0.29) is 23.7 Å². The van der Waals surface area contributed by atoms with E-state index in [1.54, 1.807) is 0 Å². The van der Waals surface area contributed by atoms with Crippen LogP contribution in [0.25, 0.3) is 0 Å². The van der Waals surface area contributed by atoms with Crippen molar-refractivity contribution in [1.82, 2.24) is 0 Å². The fourth-order valence-corrected chi connectivity index (χ4v) is 8.50. The van der Waals surface area contributed by atoms with E-state index in [9.17, 15) is 10.2 Å². The van der Waals surface area contributed by atoms with Gasteiger partial charge in [0, 0.05) is 23.7 Å². The molecule has 0 aliphatic heterocycles. The van der Waals surface area contributed by atoms with Crippen LogP contribution in [-0.4, -0.2) is 22.4 Å². The van der Waals surface area contributed by atoms with Gasteiger partial charge in [-0.2, -0.15) is 0 Å².